The number of ether oxygens (including phenoxy) is 2. The number of phosphoric ester groups is 1. The Bertz CT molecular complexity index is 1190. The molecule has 5 rings (SSSR count). The third-order valence-corrected chi connectivity index (χ3v) is 8.45. The zero-order chi connectivity index (χ0) is 24.5. The summed E-state index contributed by atoms with van der Waals surface area (Å²) < 4.78 is 43.7. The van der Waals surface area contributed by atoms with Gasteiger partial charge in [0.1, 0.15) is 11.6 Å². The van der Waals surface area contributed by atoms with Crippen LogP contribution in [0.25, 0.3) is 11.2 Å². The maximum atomic E-state index is 12.9. The third-order valence-electron chi connectivity index (χ3n) is 6.38. The summed E-state index contributed by atoms with van der Waals surface area (Å²) in [4.78, 5) is 12.8. The van der Waals surface area contributed by atoms with Crippen LogP contribution in [0.3, 0.4) is 0 Å². The van der Waals surface area contributed by atoms with Crippen LogP contribution in [-0.4, -0.2) is 50.2 Å². The smallest absolute Gasteiger partial charge is 0.412 e. The topological polar surface area (TPSA) is 107 Å². The molecule has 2 saturated carbocycles. The molecule has 3 aliphatic rings. The van der Waals surface area contributed by atoms with E-state index in [0.717, 1.165) is 6.42 Å². The molecule has 0 bridgehead atoms. The maximum Gasteiger partial charge on any atom is 0.529 e. The molecule has 186 valence electrons. The molecule has 0 aromatic carbocycles. The number of fused-ring (bicyclic) bond motifs is 4. The monoisotopic (exact) mass is 532 g/mol. The predicted octanol–water partition coefficient (Wildman–Crippen LogP) is 5.31. The Morgan fingerprint density at radius 1 is 1.32 bits per heavy atom. The summed E-state index contributed by atoms with van der Waals surface area (Å²) in [5.74, 6) is -0.633. The number of rotatable bonds is 8. The van der Waals surface area contributed by atoms with Crippen LogP contribution in [0.1, 0.15) is 47.1 Å². The highest BCUT2D eigenvalue weighted by atomic mass is 35.5. The number of halogens is 2. The Kier molecular flexibility index (Phi) is 6.04. The van der Waals surface area contributed by atoms with Crippen LogP contribution in [0.5, 0.6) is 0 Å². The van der Waals surface area contributed by atoms with Crippen LogP contribution >= 0.6 is 31.0 Å². The number of aromatic nitrogens is 4. The standard InChI is InChI=1S/C21H27Cl2N4O6P/c1-6-29-34(28,33-11(2)3)30-8-7-21-9-12(21)14(15-16(21)32-20(4,5)31-15)27-10-24-13-17(22)25-19(23)26-18(13)27/h7-8,10-12,14-16H,6,9H2,1-5H3/b8-7+/t12-,14-,15+,16+,21+,34?/m1/s1. The normalized spacial score (nSPS) is 33.4. The number of phosphoric acid groups is 1. The number of hydrogen-bond acceptors (Lipinski definition) is 9. The highest BCUT2D eigenvalue weighted by Crippen LogP contribution is 2.72. The summed E-state index contributed by atoms with van der Waals surface area (Å²) >= 11 is 12.3. The molecule has 0 amide bonds. The predicted molar refractivity (Wildman–Crippen MR) is 124 cm³/mol. The molecule has 0 spiro atoms. The molecule has 3 fully saturated rings. The molecule has 3 heterocycles. The summed E-state index contributed by atoms with van der Waals surface area (Å²) in [7, 11) is -3.72. The second kappa shape index (κ2) is 8.40. The molecule has 0 N–H and O–H groups in total. The van der Waals surface area contributed by atoms with Gasteiger partial charge in [-0.2, -0.15) is 4.98 Å². The molecule has 2 aliphatic carbocycles. The summed E-state index contributed by atoms with van der Waals surface area (Å²) in [5.41, 5.74) is 0.632. The quantitative estimate of drug-likeness (QED) is 0.193. The number of imidazole rings is 1. The molecule has 2 aromatic rings. The van der Waals surface area contributed by atoms with E-state index in [9.17, 15) is 4.57 Å². The summed E-state index contributed by atoms with van der Waals surface area (Å²) in [6.07, 6.45) is 4.97. The fraction of sp³-hybridized carbons (Fsp3) is 0.667. The van der Waals surface area contributed by atoms with E-state index in [1.165, 1.54) is 6.26 Å². The van der Waals surface area contributed by atoms with Gasteiger partial charge in [0, 0.05) is 5.41 Å². The first-order valence-corrected chi connectivity index (χ1v) is 13.4. The SMILES string of the molecule is CCOP(=O)(O/C=C/[C@]12C[C@@H]1[C@@H](n1cnc3c(Cl)nc(Cl)nc31)[C@@H]1OC(C)(C)O[C@@H]12)OC(C)C. The lowest BCUT2D eigenvalue weighted by Gasteiger charge is -2.24. The van der Waals surface area contributed by atoms with Gasteiger partial charge < -0.3 is 18.6 Å². The van der Waals surface area contributed by atoms with Crippen LogP contribution in [0.4, 0.5) is 0 Å². The largest absolute Gasteiger partial charge is 0.529 e. The van der Waals surface area contributed by atoms with E-state index in [4.69, 9.17) is 46.2 Å². The molecule has 1 aliphatic heterocycles. The fourth-order valence-electron chi connectivity index (χ4n) is 5.22. The van der Waals surface area contributed by atoms with Gasteiger partial charge in [-0.1, -0.05) is 11.6 Å². The average Bonchev–Trinajstić information content (AvgIpc) is 2.97. The molecular weight excluding hydrogens is 506 g/mol. The Hall–Kier alpha value is -1.26. The molecule has 6 atom stereocenters. The number of hydrogen-bond donors (Lipinski definition) is 0. The van der Waals surface area contributed by atoms with E-state index < -0.39 is 13.6 Å². The van der Waals surface area contributed by atoms with Gasteiger partial charge >= 0.3 is 7.82 Å². The van der Waals surface area contributed by atoms with Gasteiger partial charge in [-0.25, -0.2) is 14.5 Å². The van der Waals surface area contributed by atoms with Crippen molar-refractivity contribution in [2.45, 2.75) is 71.2 Å². The van der Waals surface area contributed by atoms with Gasteiger partial charge in [-0.05, 0) is 64.6 Å². The molecule has 0 radical (unpaired) electrons. The van der Waals surface area contributed by atoms with E-state index in [1.807, 2.05) is 24.5 Å². The van der Waals surface area contributed by atoms with Crippen molar-refractivity contribution in [1.82, 2.24) is 19.5 Å². The Labute approximate surface area is 207 Å². The van der Waals surface area contributed by atoms with Gasteiger partial charge in [0.2, 0.25) is 5.28 Å². The van der Waals surface area contributed by atoms with Crippen molar-refractivity contribution in [3.05, 3.63) is 29.1 Å². The van der Waals surface area contributed by atoms with Crippen LogP contribution in [0.15, 0.2) is 18.7 Å². The van der Waals surface area contributed by atoms with E-state index >= 15 is 0 Å². The van der Waals surface area contributed by atoms with E-state index in [0.29, 0.717) is 11.2 Å². The first kappa shape index (κ1) is 24.4. The minimum atomic E-state index is -3.72. The first-order valence-electron chi connectivity index (χ1n) is 11.2. The summed E-state index contributed by atoms with van der Waals surface area (Å²) in [6.45, 7) is 9.23. The van der Waals surface area contributed by atoms with Crippen molar-refractivity contribution in [3.63, 3.8) is 0 Å². The van der Waals surface area contributed by atoms with Gasteiger partial charge in [0.25, 0.3) is 0 Å². The Morgan fingerprint density at radius 3 is 2.79 bits per heavy atom. The zero-order valence-electron chi connectivity index (χ0n) is 19.5. The van der Waals surface area contributed by atoms with Crippen molar-refractivity contribution >= 4 is 42.2 Å². The van der Waals surface area contributed by atoms with Crippen LogP contribution in [0.2, 0.25) is 10.4 Å². The third kappa shape index (κ3) is 4.07. The van der Waals surface area contributed by atoms with E-state index in [2.05, 4.69) is 15.0 Å². The second-order valence-corrected chi connectivity index (χ2v) is 11.7. The second-order valence-electron chi connectivity index (χ2n) is 9.47. The van der Waals surface area contributed by atoms with E-state index in [1.54, 1.807) is 27.1 Å². The summed E-state index contributed by atoms with van der Waals surface area (Å²) in [6, 6.07) is -0.130. The lowest BCUT2D eigenvalue weighted by molar-refractivity contribution is -0.159. The van der Waals surface area contributed by atoms with Gasteiger partial charge in [-0.15, -0.1) is 0 Å². The highest BCUT2D eigenvalue weighted by Gasteiger charge is 2.75. The summed E-state index contributed by atoms with van der Waals surface area (Å²) in [5, 5.41) is 0.240. The van der Waals surface area contributed by atoms with Crippen molar-refractivity contribution in [1.29, 1.82) is 0 Å². The Morgan fingerprint density at radius 2 is 2.09 bits per heavy atom. The maximum absolute atomic E-state index is 12.9. The highest BCUT2D eigenvalue weighted by molar-refractivity contribution is 7.48. The molecule has 34 heavy (non-hydrogen) atoms. The molecular formula is C21H27Cl2N4O6P. The lowest BCUT2D eigenvalue weighted by atomic mass is 9.99. The van der Waals surface area contributed by atoms with Crippen LogP contribution < -0.4 is 0 Å². The first-order chi connectivity index (χ1) is 16.0. The van der Waals surface area contributed by atoms with Gasteiger partial charge in [0.15, 0.2) is 16.6 Å². The van der Waals surface area contributed by atoms with Crippen molar-refractivity contribution in [2.24, 2.45) is 11.3 Å². The lowest BCUT2D eigenvalue weighted by Crippen LogP contribution is -2.31. The molecule has 1 unspecified atom stereocenters. The number of nitrogens with zero attached hydrogens (tertiary/aromatic N) is 4. The van der Waals surface area contributed by atoms with Gasteiger partial charge in [-0.3, -0.25) is 9.05 Å². The zero-order valence-corrected chi connectivity index (χ0v) is 21.9. The molecule has 2 aromatic heterocycles. The fourth-order valence-corrected chi connectivity index (χ4v) is 6.85. The van der Waals surface area contributed by atoms with Crippen molar-refractivity contribution in [2.75, 3.05) is 6.61 Å². The van der Waals surface area contributed by atoms with Crippen molar-refractivity contribution in [3.8, 4) is 0 Å². The van der Waals surface area contributed by atoms with E-state index in [-0.39, 0.29) is 52.7 Å². The van der Waals surface area contributed by atoms with Crippen LogP contribution in [0, 0.1) is 11.3 Å². The molecule has 13 heteroatoms. The Balaban J connectivity index is 1.47. The minimum Gasteiger partial charge on any atom is -0.412 e. The van der Waals surface area contributed by atoms with Crippen molar-refractivity contribution < 1.29 is 27.6 Å². The van der Waals surface area contributed by atoms with Crippen LogP contribution in [-0.2, 0) is 27.6 Å². The molecule has 1 saturated heterocycles. The molecule has 10 nitrogen and oxygen atoms in total. The average molecular weight is 533 g/mol. The van der Waals surface area contributed by atoms with Gasteiger partial charge in [0.05, 0.1) is 37.4 Å². The minimum absolute atomic E-state index is 0.0462.